The number of terminal acetylenes is 1. The van der Waals surface area contributed by atoms with Gasteiger partial charge in [0.25, 0.3) is 0 Å². The molecule has 0 aliphatic carbocycles. The number of rotatable bonds is 6. The Morgan fingerprint density at radius 1 is 1.21 bits per heavy atom. The van der Waals surface area contributed by atoms with Gasteiger partial charge in [-0.05, 0) is 34.3 Å². The molecule has 0 aliphatic heterocycles. The van der Waals surface area contributed by atoms with Gasteiger partial charge in [-0.1, -0.05) is 36.3 Å². The molecule has 7 heteroatoms. The van der Waals surface area contributed by atoms with Crippen LogP contribution in [0.4, 0.5) is 5.82 Å². The van der Waals surface area contributed by atoms with E-state index in [0.717, 1.165) is 12.8 Å². The summed E-state index contributed by atoms with van der Waals surface area (Å²) in [5.41, 5.74) is 8.29. The van der Waals surface area contributed by atoms with Gasteiger partial charge in [-0.25, -0.2) is 4.98 Å². The number of anilines is 1. The molecule has 0 fully saturated rings. The molecule has 0 unspecified atom stereocenters. The zero-order chi connectivity index (χ0) is 16.9. The number of fused-ring (bicyclic) bond motifs is 1. The Balaban J connectivity index is 1.71. The van der Waals surface area contributed by atoms with E-state index in [-0.39, 0.29) is 11.8 Å². The maximum Gasteiger partial charge on any atom is 0.320 e. The molecule has 2 heterocycles. The fourth-order valence-corrected chi connectivity index (χ4v) is 2.83. The van der Waals surface area contributed by atoms with E-state index in [4.69, 9.17) is 16.9 Å². The van der Waals surface area contributed by atoms with Gasteiger partial charge in [-0.15, -0.1) is 6.42 Å². The minimum absolute atomic E-state index is 0.235. The molecule has 3 aromatic rings. The molecule has 0 saturated heterocycles. The number of nitrogens with two attached hydrogens (primary N) is 1. The average Bonchev–Trinajstić information content (AvgIpc) is 2.90. The smallest absolute Gasteiger partial charge is 0.320 e. The Bertz CT molecular complexity index is 885. The Morgan fingerprint density at radius 3 is 2.75 bits per heavy atom. The van der Waals surface area contributed by atoms with Crippen LogP contribution < -0.4 is 10.5 Å². The number of hydrogen-bond acceptors (Lipinski definition) is 5. The molecule has 0 radical (unpaired) electrons. The lowest BCUT2D eigenvalue weighted by Gasteiger charge is -2.06. The van der Waals surface area contributed by atoms with Gasteiger partial charge in [0.15, 0.2) is 21.7 Å². The first kappa shape index (κ1) is 16.3. The highest BCUT2D eigenvalue weighted by atomic mass is 79.9. The highest BCUT2D eigenvalue weighted by Gasteiger charge is 2.15. The average molecular weight is 386 g/mol. The predicted molar refractivity (Wildman–Crippen MR) is 96.5 cm³/mol. The van der Waals surface area contributed by atoms with E-state index < -0.39 is 0 Å². The Labute approximate surface area is 148 Å². The zero-order valence-corrected chi connectivity index (χ0v) is 14.5. The van der Waals surface area contributed by atoms with Crippen LogP contribution in [0.15, 0.2) is 35.1 Å². The monoisotopic (exact) mass is 385 g/mol. The second-order valence-electron chi connectivity index (χ2n) is 5.17. The SMILES string of the molecule is C#CCn1c(Br)nc2c(N)nc(OCCCc3ccccc3)nc21. The van der Waals surface area contributed by atoms with Gasteiger partial charge in [0.2, 0.25) is 0 Å². The van der Waals surface area contributed by atoms with E-state index in [0.29, 0.717) is 29.0 Å². The first-order chi connectivity index (χ1) is 11.7. The Kier molecular flexibility index (Phi) is 4.96. The van der Waals surface area contributed by atoms with Crippen LogP contribution >= 0.6 is 15.9 Å². The van der Waals surface area contributed by atoms with Gasteiger partial charge < -0.3 is 10.5 Å². The lowest BCUT2D eigenvalue weighted by atomic mass is 10.1. The van der Waals surface area contributed by atoms with Crippen molar-refractivity contribution in [3.63, 3.8) is 0 Å². The van der Waals surface area contributed by atoms with Crippen LogP contribution in [-0.4, -0.2) is 26.1 Å². The summed E-state index contributed by atoms with van der Waals surface area (Å²) >= 11 is 3.35. The lowest BCUT2D eigenvalue weighted by Crippen LogP contribution is -2.06. The minimum atomic E-state index is 0.235. The second-order valence-corrected chi connectivity index (χ2v) is 5.88. The van der Waals surface area contributed by atoms with Gasteiger partial charge in [0, 0.05) is 0 Å². The number of aryl methyl sites for hydroxylation is 1. The number of nitrogen functional groups attached to an aromatic ring is 1. The van der Waals surface area contributed by atoms with Gasteiger partial charge in [-0.3, -0.25) is 4.57 Å². The van der Waals surface area contributed by atoms with Crippen LogP contribution in [0.1, 0.15) is 12.0 Å². The molecule has 2 N–H and O–H groups in total. The molecule has 122 valence electrons. The van der Waals surface area contributed by atoms with E-state index in [9.17, 15) is 0 Å². The van der Waals surface area contributed by atoms with Crippen LogP contribution in [0.5, 0.6) is 6.01 Å². The number of nitrogens with zero attached hydrogens (tertiary/aromatic N) is 4. The fourth-order valence-electron chi connectivity index (χ4n) is 2.35. The first-order valence-corrected chi connectivity index (χ1v) is 8.28. The van der Waals surface area contributed by atoms with Gasteiger partial charge in [0.1, 0.15) is 0 Å². The number of ether oxygens (including phenoxy) is 1. The van der Waals surface area contributed by atoms with Gasteiger partial charge in [-0.2, -0.15) is 9.97 Å². The predicted octanol–water partition coefficient (Wildman–Crippen LogP) is 2.82. The van der Waals surface area contributed by atoms with Crippen molar-refractivity contribution in [1.29, 1.82) is 0 Å². The maximum absolute atomic E-state index is 5.95. The molecule has 3 rings (SSSR count). The van der Waals surface area contributed by atoms with Gasteiger partial charge >= 0.3 is 6.01 Å². The molecule has 0 spiro atoms. The quantitative estimate of drug-likeness (QED) is 0.400. The third-order valence-electron chi connectivity index (χ3n) is 3.49. The zero-order valence-electron chi connectivity index (χ0n) is 12.9. The summed E-state index contributed by atoms with van der Waals surface area (Å²) in [5.74, 6) is 2.84. The second kappa shape index (κ2) is 7.32. The largest absolute Gasteiger partial charge is 0.463 e. The fraction of sp³-hybridized carbons (Fsp3) is 0.235. The third-order valence-corrected chi connectivity index (χ3v) is 4.09. The number of imidazole rings is 1. The summed E-state index contributed by atoms with van der Waals surface area (Å²) < 4.78 is 7.96. The van der Waals surface area contributed by atoms with Crippen LogP contribution in [0, 0.1) is 12.3 Å². The Hall–Kier alpha value is -2.59. The van der Waals surface area contributed by atoms with Crippen LogP contribution in [0.25, 0.3) is 11.2 Å². The minimum Gasteiger partial charge on any atom is -0.463 e. The van der Waals surface area contributed by atoms with E-state index in [1.807, 2.05) is 18.2 Å². The standard InChI is InChI=1S/C17H16BrN5O/c1-2-10-23-15-13(20-16(23)18)14(19)21-17(22-15)24-11-6-9-12-7-4-3-5-8-12/h1,3-5,7-8H,6,9-11H2,(H2,19,21,22). The molecule has 0 aliphatic rings. The molecule has 1 aromatic carbocycles. The lowest BCUT2D eigenvalue weighted by molar-refractivity contribution is 0.288. The maximum atomic E-state index is 5.95. The van der Waals surface area contributed by atoms with Crippen molar-refractivity contribution in [3.8, 4) is 18.4 Å². The summed E-state index contributed by atoms with van der Waals surface area (Å²) in [7, 11) is 0. The van der Waals surface area contributed by atoms with Crippen molar-refractivity contribution in [3.05, 3.63) is 40.6 Å². The number of aromatic nitrogens is 4. The molecule has 0 bridgehead atoms. The highest BCUT2D eigenvalue weighted by Crippen LogP contribution is 2.24. The molecule has 0 saturated carbocycles. The summed E-state index contributed by atoms with van der Waals surface area (Å²) in [6.07, 6.45) is 7.17. The topological polar surface area (TPSA) is 78.9 Å². The van der Waals surface area contributed by atoms with Crippen LogP contribution in [0.2, 0.25) is 0 Å². The normalized spacial score (nSPS) is 10.7. The van der Waals surface area contributed by atoms with Crippen molar-refractivity contribution in [1.82, 2.24) is 19.5 Å². The van der Waals surface area contributed by atoms with Crippen molar-refractivity contribution in [2.24, 2.45) is 0 Å². The molecule has 6 nitrogen and oxygen atoms in total. The summed E-state index contributed by atoms with van der Waals surface area (Å²) in [6, 6.07) is 10.5. The van der Waals surface area contributed by atoms with E-state index in [1.54, 1.807) is 4.57 Å². The molecule has 0 atom stereocenters. The van der Waals surface area contributed by atoms with Crippen LogP contribution in [0.3, 0.4) is 0 Å². The summed E-state index contributed by atoms with van der Waals surface area (Å²) in [5, 5.41) is 0. The van der Waals surface area contributed by atoms with Crippen LogP contribution in [-0.2, 0) is 13.0 Å². The number of hydrogen-bond donors (Lipinski definition) is 1. The summed E-state index contributed by atoms with van der Waals surface area (Å²) in [4.78, 5) is 12.8. The van der Waals surface area contributed by atoms with Crippen molar-refractivity contribution in [2.45, 2.75) is 19.4 Å². The van der Waals surface area contributed by atoms with Crippen molar-refractivity contribution in [2.75, 3.05) is 12.3 Å². The molecular formula is C17H16BrN5O. The van der Waals surface area contributed by atoms with E-state index in [2.05, 4.69) is 48.9 Å². The molecule has 0 amide bonds. The summed E-state index contributed by atoms with van der Waals surface area (Å²) in [6.45, 7) is 0.839. The van der Waals surface area contributed by atoms with E-state index >= 15 is 0 Å². The third kappa shape index (κ3) is 3.49. The first-order valence-electron chi connectivity index (χ1n) is 7.48. The van der Waals surface area contributed by atoms with Crippen molar-refractivity contribution >= 4 is 32.9 Å². The molecule has 24 heavy (non-hydrogen) atoms. The number of halogens is 1. The van der Waals surface area contributed by atoms with Gasteiger partial charge in [0.05, 0.1) is 13.2 Å². The number of benzene rings is 1. The van der Waals surface area contributed by atoms with E-state index in [1.165, 1.54) is 5.56 Å². The Morgan fingerprint density at radius 2 is 2.00 bits per heavy atom. The molecule has 2 aromatic heterocycles. The molecular weight excluding hydrogens is 370 g/mol. The highest BCUT2D eigenvalue weighted by molar-refractivity contribution is 9.10. The van der Waals surface area contributed by atoms with Crippen molar-refractivity contribution < 1.29 is 4.74 Å².